The lowest BCUT2D eigenvalue weighted by atomic mass is 10.2. The van der Waals surface area contributed by atoms with Crippen molar-refractivity contribution in [2.45, 2.75) is 19.3 Å². The molecule has 1 saturated heterocycles. The van der Waals surface area contributed by atoms with Crippen molar-refractivity contribution in [3.63, 3.8) is 0 Å². The fraction of sp³-hybridized carbons (Fsp3) is 0.364. The van der Waals surface area contributed by atoms with E-state index in [0.29, 0.717) is 17.2 Å². The first kappa shape index (κ1) is 20.5. The normalized spacial score (nSPS) is 13.9. The number of hydrazone groups is 1. The first-order valence-electron chi connectivity index (χ1n) is 9.71. The second-order valence-electron chi connectivity index (χ2n) is 6.73. The molecule has 1 amide bonds. The van der Waals surface area contributed by atoms with E-state index in [9.17, 15) is 4.79 Å². The highest BCUT2D eigenvalue weighted by molar-refractivity contribution is 5.92. The van der Waals surface area contributed by atoms with Crippen molar-refractivity contribution in [1.29, 1.82) is 0 Å². The van der Waals surface area contributed by atoms with E-state index in [0.717, 1.165) is 24.4 Å². The van der Waals surface area contributed by atoms with E-state index >= 15 is 0 Å². The summed E-state index contributed by atoms with van der Waals surface area (Å²) in [6.45, 7) is 1.87. The summed E-state index contributed by atoms with van der Waals surface area (Å²) in [5.41, 5.74) is 1.60. The summed E-state index contributed by atoms with van der Waals surface area (Å²) in [7, 11) is 3.17. The summed E-state index contributed by atoms with van der Waals surface area (Å²) in [5.74, 6) is 1.54. The monoisotopic (exact) mass is 397 g/mol. The fourth-order valence-electron chi connectivity index (χ4n) is 3.04. The van der Waals surface area contributed by atoms with Gasteiger partial charge in [-0.1, -0.05) is 0 Å². The van der Waals surface area contributed by atoms with Crippen LogP contribution in [0.5, 0.6) is 17.2 Å². The lowest BCUT2D eigenvalue weighted by molar-refractivity contribution is -0.118. The Kier molecular flexibility index (Phi) is 7.33. The fourth-order valence-corrected chi connectivity index (χ4v) is 3.04. The average Bonchev–Trinajstić information content (AvgIpc) is 2.77. The third-order valence-electron chi connectivity index (χ3n) is 4.62. The molecule has 7 heteroatoms. The van der Waals surface area contributed by atoms with Crippen LogP contribution >= 0.6 is 0 Å². The Bertz CT molecular complexity index is 830. The third-order valence-corrected chi connectivity index (χ3v) is 4.62. The molecule has 2 aromatic carbocycles. The van der Waals surface area contributed by atoms with Gasteiger partial charge in [-0.25, -0.2) is 0 Å². The van der Waals surface area contributed by atoms with Crippen LogP contribution in [0.25, 0.3) is 0 Å². The minimum atomic E-state index is -0.257. The highest BCUT2D eigenvalue weighted by Crippen LogP contribution is 2.27. The Morgan fingerprint density at radius 2 is 1.79 bits per heavy atom. The summed E-state index contributed by atoms with van der Waals surface area (Å²) < 4.78 is 16.2. The molecule has 1 heterocycles. The molecule has 2 aromatic rings. The SMILES string of the molecule is COc1ccc(NC(=O)COc2ccc(/C=N\N3CCCCC3)cc2OC)cc1. The van der Waals surface area contributed by atoms with Crippen molar-refractivity contribution in [3.8, 4) is 17.2 Å². The van der Waals surface area contributed by atoms with Gasteiger partial charge in [0.05, 0.1) is 20.4 Å². The average molecular weight is 397 g/mol. The molecule has 154 valence electrons. The van der Waals surface area contributed by atoms with Crippen LogP contribution in [0.15, 0.2) is 47.6 Å². The summed E-state index contributed by atoms with van der Waals surface area (Å²) in [5, 5.41) is 9.40. The molecule has 3 rings (SSSR count). The number of rotatable bonds is 8. The minimum absolute atomic E-state index is 0.121. The molecular weight excluding hydrogens is 370 g/mol. The molecule has 7 nitrogen and oxygen atoms in total. The molecule has 0 aliphatic carbocycles. The standard InChI is InChI=1S/C22H27N3O4/c1-27-19-9-7-18(8-10-19)24-22(26)16-29-20-11-6-17(14-21(20)28-2)15-23-25-12-4-3-5-13-25/h6-11,14-15H,3-5,12-13,16H2,1-2H3,(H,24,26)/b23-15-. The van der Waals surface area contributed by atoms with Crippen LogP contribution in [0.4, 0.5) is 5.69 Å². The molecule has 0 atom stereocenters. The van der Waals surface area contributed by atoms with Crippen LogP contribution in [0.1, 0.15) is 24.8 Å². The predicted molar refractivity (Wildman–Crippen MR) is 113 cm³/mol. The maximum atomic E-state index is 12.1. The largest absolute Gasteiger partial charge is 0.497 e. The molecule has 1 fully saturated rings. The van der Waals surface area contributed by atoms with Gasteiger partial charge in [-0.15, -0.1) is 0 Å². The number of carbonyl (C=O) groups is 1. The van der Waals surface area contributed by atoms with E-state index in [4.69, 9.17) is 14.2 Å². The minimum Gasteiger partial charge on any atom is -0.497 e. The molecule has 1 aliphatic rings. The van der Waals surface area contributed by atoms with Gasteiger partial charge in [0.25, 0.3) is 5.91 Å². The van der Waals surface area contributed by atoms with Crippen molar-refractivity contribution < 1.29 is 19.0 Å². The maximum absolute atomic E-state index is 12.1. The van der Waals surface area contributed by atoms with Gasteiger partial charge in [0, 0.05) is 18.8 Å². The lowest BCUT2D eigenvalue weighted by Gasteiger charge is -2.23. The quantitative estimate of drug-likeness (QED) is 0.690. The molecule has 0 aromatic heterocycles. The summed E-state index contributed by atoms with van der Waals surface area (Å²) in [6.07, 6.45) is 5.48. The molecule has 0 saturated carbocycles. The number of piperidine rings is 1. The molecule has 1 N–H and O–H groups in total. The number of hydrogen-bond donors (Lipinski definition) is 1. The molecule has 29 heavy (non-hydrogen) atoms. The van der Waals surface area contributed by atoms with Gasteiger partial charge in [0.2, 0.25) is 0 Å². The van der Waals surface area contributed by atoms with E-state index in [2.05, 4.69) is 15.4 Å². The number of anilines is 1. The molecule has 0 radical (unpaired) electrons. The predicted octanol–water partition coefficient (Wildman–Crippen LogP) is 3.54. The third kappa shape index (κ3) is 6.14. The zero-order valence-corrected chi connectivity index (χ0v) is 16.9. The van der Waals surface area contributed by atoms with Crippen molar-refractivity contribution in [1.82, 2.24) is 5.01 Å². The van der Waals surface area contributed by atoms with Crippen LogP contribution < -0.4 is 19.5 Å². The topological polar surface area (TPSA) is 72.4 Å². The van der Waals surface area contributed by atoms with E-state index in [1.165, 1.54) is 19.3 Å². The number of methoxy groups -OCH3 is 2. The number of nitrogens with one attached hydrogen (secondary N) is 1. The number of benzene rings is 2. The smallest absolute Gasteiger partial charge is 0.262 e. The summed E-state index contributed by atoms with van der Waals surface area (Å²) in [6, 6.07) is 12.6. The number of hydrogen-bond acceptors (Lipinski definition) is 6. The van der Waals surface area contributed by atoms with Gasteiger partial charge in [0.1, 0.15) is 5.75 Å². The number of ether oxygens (including phenoxy) is 3. The number of carbonyl (C=O) groups excluding carboxylic acids is 1. The Labute approximate surface area is 171 Å². The summed E-state index contributed by atoms with van der Waals surface area (Å²) in [4.78, 5) is 12.1. The highest BCUT2D eigenvalue weighted by Gasteiger charge is 2.10. The number of amides is 1. The van der Waals surface area contributed by atoms with Crippen molar-refractivity contribution in [2.75, 3.05) is 39.2 Å². The van der Waals surface area contributed by atoms with Gasteiger partial charge < -0.3 is 19.5 Å². The Balaban J connectivity index is 1.55. The van der Waals surface area contributed by atoms with Gasteiger partial charge >= 0.3 is 0 Å². The van der Waals surface area contributed by atoms with Crippen LogP contribution in [-0.2, 0) is 4.79 Å². The van der Waals surface area contributed by atoms with Gasteiger partial charge in [-0.3, -0.25) is 9.80 Å². The van der Waals surface area contributed by atoms with Gasteiger partial charge in [-0.2, -0.15) is 5.10 Å². The van der Waals surface area contributed by atoms with Crippen LogP contribution in [0.2, 0.25) is 0 Å². The van der Waals surface area contributed by atoms with Gasteiger partial charge in [-0.05, 0) is 67.3 Å². The second-order valence-corrected chi connectivity index (χ2v) is 6.73. The van der Waals surface area contributed by atoms with Crippen LogP contribution in [0, 0.1) is 0 Å². The Morgan fingerprint density at radius 3 is 2.48 bits per heavy atom. The first-order chi connectivity index (χ1) is 14.2. The van der Waals surface area contributed by atoms with Crippen LogP contribution in [0.3, 0.4) is 0 Å². The zero-order chi connectivity index (χ0) is 20.5. The molecule has 0 spiro atoms. The highest BCUT2D eigenvalue weighted by atomic mass is 16.5. The summed E-state index contributed by atoms with van der Waals surface area (Å²) >= 11 is 0. The first-order valence-corrected chi connectivity index (χ1v) is 9.71. The van der Waals surface area contributed by atoms with Crippen molar-refractivity contribution >= 4 is 17.8 Å². The Hall–Kier alpha value is -3.22. The van der Waals surface area contributed by atoms with E-state index in [1.807, 2.05) is 18.3 Å². The Morgan fingerprint density at radius 1 is 1.03 bits per heavy atom. The van der Waals surface area contributed by atoms with Crippen LogP contribution in [-0.4, -0.2) is 51.0 Å². The molecular formula is C22H27N3O4. The number of nitrogens with zero attached hydrogens (tertiary/aromatic N) is 2. The molecule has 1 aliphatic heterocycles. The van der Waals surface area contributed by atoms with E-state index in [-0.39, 0.29) is 12.5 Å². The molecule has 0 unspecified atom stereocenters. The van der Waals surface area contributed by atoms with Crippen molar-refractivity contribution in [3.05, 3.63) is 48.0 Å². The van der Waals surface area contributed by atoms with Gasteiger partial charge in [0.15, 0.2) is 18.1 Å². The lowest BCUT2D eigenvalue weighted by Crippen LogP contribution is -2.24. The van der Waals surface area contributed by atoms with Crippen molar-refractivity contribution in [2.24, 2.45) is 5.10 Å². The zero-order valence-electron chi connectivity index (χ0n) is 16.9. The maximum Gasteiger partial charge on any atom is 0.262 e. The second kappa shape index (κ2) is 10.4. The van der Waals surface area contributed by atoms with E-state index in [1.54, 1.807) is 44.6 Å². The molecule has 0 bridgehead atoms. The van der Waals surface area contributed by atoms with E-state index < -0.39 is 0 Å².